The molecular weight excluding hydrogens is 294 g/mol. The lowest BCUT2D eigenvalue weighted by molar-refractivity contribution is -0.384. The second kappa shape index (κ2) is 6.90. The molecule has 21 heavy (non-hydrogen) atoms. The monoisotopic (exact) mass is 307 g/mol. The number of carbonyl (C=O) groups is 1. The van der Waals surface area contributed by atoms with Crippen molar-refractivity contribution in [3.63, 3.8) is 0 Å². The Morgan fingerprint density at radius 2 is 2.05 bits per heavy atom. The Kier molecular flexibility index (Phi) is 4.94. The van der Waals surface area contributed by atoms with Crippen LogP contribution in [0.4, 0.5) is 5.69 Å². The minimum Gasteiger partial charge on any atom is -0.354 e. The Hall–Kier alpha value is -2.34. The summed E-state index contributed by atoms with van der Waals surface area (Å²) in [4.78, 5) is 22.1. The van der Waals surface area contributed by atoms with Crippen molar-refractivity contribution in [3.8, 4) is 0 Å². The molecule has 0 saturated heterocycles. The van der Waals surface area contributed by atoms with E-state index < -0.39 is 10.8 Å². The number of nitrogens with zero attached hydrogens (tertiary/aromatic N) is 2. The highest BCUT2D eigenvalue weighted by Gasteiger charge is 2.15. The zero-order valence-corrected chi connectivity index (χ0v) is 11.9. The van der Waals surface area contributed by atoms with Crippen LogP contribution >= 0.6 is 11.6 Å². The van der Waals surface area contributed by atoms with E-state index in [9.17, 15) is 14.9 Å². The van der Waals surface area contributed by atoms with Gasteiger partial charge >= 0.3 is 0 Å². The first kappa shape index (κ1) is 15.1. The van der Waals surface area contributed by atoms with E-state index in [1.165, 1.54) is 18.2 Å². The van der Waals surface area contributed by atoms with Crippen LogP contribution in [0.15, 0.2) is 42.7 Å². The molecule has 0 aliphatic heterocycles. The summed E-state index contributed by atoms with van der Waals surface area (Å²) in [7, 11) is 0. The number of rotatable bonds is 6. The molecule has 0 radical (unpaired) electrons. The molecule has 6 nitrogen and oxygen atoms in total. The summed E-state index contributed by atoms with van der Waals surface area (Å²) in [5.41, 5.74) is -0.0382. The highest BCUT2D eigenvalue weighted by atomic mass is 35.5. The Balaban J connectivity index is 1.90. The van der Waals surface area contributed by atoms with Crippen LogP contribution in [0.3, 0.4) is 0 Å². The van der Waals surface area contributed by atoms with Crippen molar-refractivity contribution in [1.29, 1.82) is 0 Å². The molecule has 0 saturated carbocycles. The zero-order valence-electron chi connectivity index (χ0n) is 11.2. The van der Waals surface area contributed by atoms with Gasteiger partial charge in [0, 0.05) is 37.6 Å². The molecule has 2 aromatic rings. The van der Waals surface area contributed by atoms with Crippen LogP contribution in [0.1, 0.15) is 16.8 Å². The molecule has 1 heterocycles. The van der Waals surface area contributed by atoms with Crippen LogP contribution in [0.25, 0.3) is 0 Å². The molecule has 0 bridgehead atoms. The molecule has 1 amide bonds. The van der Waals surface area contributed by atoms with Gasteiger partial charge in [-0.1, -0.05) is 11.6 Å². The van der Waals surface area contributed by atoms with E-state index in [2.05, 4.69) is 5.32 Å². The van der Waals surface area contributed by atoms with Crippen LogP contribution in [0.5, 0.6) is 0 Å². The number of hydrogen-bond donors (Lipinski definition) is 1. The van der Waals surface area contributed by atoms with Crippen molar-refractivity contribution in [3.05, 3.63) is 63.4 Å². The highest BCUT2D eigenvalue weighted by molar-refractivity contribution is 6.33. The topological polar surface area (TPSA) is 77.2 Å². The SMILES string of the molecule is O=C(NCCCn1cccc1)c1cc([N+](=O)[O-])ccc1Cl. The minimum absolute atomic E-state index is 0.117. The Morgan fingerprint density at radius 1 is 1.33 bits per heavy atom. The maximum atomic E-state index is 12.0. The quantitative estimate of drug-likeness (QED) is 0.506. The minimum atomic E-state index is -0.556. The molecule has 0 aliphatic rings. The number of non-ortho nitro benzene ring substituents is 1. The molecule has 1 aromatic carbocycles. The first-order chi connectivity index (χ1) is 10.1. The van der Waals surface area contributed by atoms with Gasteiger partial charge in [0.1, 0.15) is 0 Å². The van der Waals surface area contributed by atoms with Crippen molar-refractivity contribution in [2.45, 2.75) is 13.0 Å². The van der Waals surface area contributed by atoms with Crippen molar-refractivity contribution >= 4 is 23.2 Å². The average Bonchev–Trinajstić information content (AvgIpc) is 2.96. The van der Waals surface area contributed by atoms with Gasteiger partial charge in [0.05, 0.1) is 15.5 Å². The molecule has 0 fully saturated rings. The molecule has 0 atom stereocenters. The summed E-state index contributed by atoms with van der Waals surface area (Å²) < 4.78 is 2.01. The number of amides is 1. The molecule has 110 valence electrons. The van der Waals surface area contributed by atoms with Crippen LogP contribution in [0.2, 0.25) is 5.02 Å². The largest absolute Gasteiger partial charge is 0.354 e. The van der Waals surface area contributed by atoms with Crippen LogP contribution < -0.4 is 5.32 Å². The standard InChI is InChI=1S/C14H14ClN3O3/c15-13-5-4-11(18(20)21)10-12(13)14(19)16-6-3-9-17-7-1-2-8-17/h1-2,4-5,7-8,10H,3,6,9H2,(H,16,19). The second-order valence-electron chi connectivity index (χ2n) is 4.45. The molecule has 0 spiro atoms. The lowest BCUT2D eigenvalue weighted by Crippen LogP contribution is -2.25. The summed E-state index contributed by atoms with van der Waals surface area (Å²) in [6.07, 6.45) is 4.64. The van der Waals surface area contributed by atoms with E-state index in [-0.39, 0.29) is 16.3 Å². The fourth-order valence-corrected chi connectivity index (χ4v) is 2.08. The van der Waals surface area contributed by atoms with E-state index in [0.29, 0.717) is 6.54 Å². The summed E-state index contributed by atoms with van der Waals surface area (Å²) in [6.45, 7) is 1.26. The van der Waals surface area contributed by atoms with Gasteiger partial charge in [-0.25, -0.2) is 0 Å². The molecule has 2 rings (SSSR count). The number of aryl methyl sites for hydroxylation is 1. The zero-order chi connectivity index (χ0) is 15.2. The predicted octanol–water partition coefficient (Wildman–Crippen LogP) is 2.87. The Bertz CT molecular complexity index is 641. The lowest BCUT2D eigenvalue weighted by Gasteiger charge is -2.07. The van der Waals surface area contributed by atoms with Crippen molar-refractivity contribution in [1.82, 2.24) is 9.88 Å². The summed E-state index contributed by atoms with van der Waals surface area (Å²) in [5, 5.41) is 13.6. The molecular formula is C14H14ClN3O3. The predicted molar refractivity (Wildman–Crippen MR) is 79.5 cm³/mol. The van der Waals surface area contributed by atoms with Gasteiger partial charge in [0.2, 0.25) is 0 Å². The average molecular weight is 308 g/mol. The van der Waals surface area contributed by atoms with Crippen molar-refractivity contribution in [2.75, 3.05) is 6.54 Å². The second-order valence-corrected chi connectivity index (χ2v) is 4.86. The summed E-state index contributed by atoms with van der Waals surface area (Å²) in [6, 6.07) is 7.67. The number of hydrogen-bond acceptors (Lipinski definition) is 3. The maximum Gasteiger partial charge on any atom is 0.270 e. The third-order valence-corrected chi connectivity index (χ3v) is 3.28. The lowest BCUT2D eigenvalue weighted by atomic mass is 10.2. The van der Waals surface area contributed by atoms with Crippen LogP contribution in [0, 0.1) is 10.1 Å². The van der Waals surface area contributed by atoms with Gasteiger partial charge in [-0.2, -0.15) is 0 Å². The van der Waals surface area contributed by atoms with E-state index >= 15 is 0 Å². The first-order valence-electron chi connectivity index (χ1n) is 6.41. The van der Waals surface area contributed by atoms with E-state index in [4.69, 9.17) is 11.6 Å². The molecule has 1 N–H and O–H groups in total. The molecule has 7 heteroatoms. The third-order valence-electron chi connectivity index (χ3n) is 2.95. The van der Waals surface area contributed by atoms with Crippen molar-refractivity contribution < 1.29 is 9.72 Å². The number of benzene rings is 1. The van der Waals surface area contributed by atoms with Gasteiger partial charge in [-0.15, -0.1) is 0 Å². The van der Waals surface area contributed by atoms with E-state index in [1.54, 1.807) is 0 Å². The van der Waals surface area contributed by atoms with Crippen LogP contribution in [-0.4, -0.2) is 21.9 Å². The molecule has 0 unspecified atom stereocenters. The fraction of sp³-hybridized carbons (Fsp3) is 0.214. The summed E-state index contributed by atoms with van der Waals surface area (Å²) >= 11 is 5.90. The van der Waals surface area contributed by atoms with Gasteiger partial charge in [0.25, 0.3) is 11.6 Å². The number of nitrogens with one attached hydrogen (secondary N) is 1. The van der Waals surface area contributed by atoms with E-state index in [0.717, 1.165) is 13.0 Å². The Labute approximate surface area is 126 Å². The van der Waals surface area contributed by atoms with Crippen molar-refractivity contribution in [2.24, 2.45) is 0 Å². The smallest absolute Gasteiger partial charge is 0.270 e. The van der Waals surface area contributed by atoms with Gasteiger partial charge in [-0.3, -0.25) is 14.9 Å². The number of aromatic nitrogens is 1. The van der Waals surface area contributed by atoms with Gasteiger partial charge in [0.15, 0.2) is 0 Å². The Morgan fingerprint density at radius 3 is 2.71 bits per heavy atom. The number of nitro benzene ring substituents is 1. The fourth-order valence-electron chi connectivity index (χ4n) is 1.88. The maximum absolute atomic E-state index is 12.0. The third kappa shape index (κ3) is 4.06. The van der Waals surface area contributed by atoms with Gasteiger partial charge < -0.3 is 9.88 Å². The molecule has 0 aliphatic carbocycles. The normalized spacial score (nSPS) is 10.3. The first-order valence-corrected chi connectivity index (χ1v) is 6.78. The van der Waals surface area contributed by atoms with Crippen LogP contribution in [-0.2, 0) is 6.54 Å². The van der Waals surface area contributed by atoms with E-state index in [1.807, 2.05) is 29.1 Å². The van der Waals surface area contributed by atoms with Gasteiger partial charge in [-0.05, 0) is 24.6 Å². The summed E-state index contributed by atoms with van der Waals surface area (Å²) in [5.74, 6) is -0.406. The highest BCUT2D eigenvalue weighted by Crippen LogP contribution is 2.21. The number of carbonyl (C=O) groups excluding carboxylic acids is 1. The molecule has 1 aromatic heterocycles. The number of halogens is 1. The number of nitro groups is 1.